The Balaban J connectivity index is 1.85. The van der Waals surface area contributed by atoms with Gasteiger partial charge in [0, 0.05) is 27.8 Å². The number of piperidine rings is 1. The summed E-state index contributed by atoms with van der Waals surface area (Å²) in [5.41, 5.74) is 5.64. The largest absolute Gasteiger partial charge is 0.330 e. The fourth-order valence-electron chi connectivity index (χ4n) is 2.42. The number of halogens is 1. The van der Waals surface area contributed by atoms with Gasteiger partial charge in [-0.05, 0) is 60.3 Å². The molecule has 0 amide bonds. The maximum absolute atomic E-state index is 5.64. The van der Waals surface area contributed by atoms with E-state index >= 15 is 0 Å². The zero-order chi connectivity index (χ0) is 11.4. The Kier molecular flexibility index (Phi) is 4.82. The van der Waals surface area contributed by atoms with Gasteiger partial charge in [0.2, 0.25) is 0 Å². The molecule has 0 aromatic carbocycles. The maximum atomic E-state index is 5.64. The van der Waals surface area contributed by atoms with Crippen molar-refractivity contribution in [1.82, 2.24) is 4.90 Å². The molecular formula is C12H19BrN2S. The van der Waals surface area contributed by atoms with Gasteiger partial charge in [0.25, 0.3) is 0 Å². The number of thiophene rings is 1. The minimum absolute atomic E-state index is 0.821. The first-order valence-electron chi connectivity index (χ1n) is 5.93. The second-order valence-corrected chi connectivity index (χ2v) is 6.46. The van der Waals surface area contributed by atoms with Crippen LogP contribution in [0, 0.1) is 5.92 Å². The van der Waals surface area contributed by atoms with Crippen molar-refractivity contribution < 1.29 is 0 Å². The summed E-state index contributed by atoms with van der Waals surface area (Å²) in [5, 5.41) is 2.16. The monoisotopic (exact) mass is 302 g/mol. The van der Waals surface area contributed by atoms with Crippen LogP contribution in [0.3, 0.4) is 0 Å². The summed E-state index contributed by atoms with van der Waals surface area (Å²) in [5.74, 6) is 0.821. The molecule has 90 valence electrons. The summed E-state index contributed by atoms with van der Waals surface area (Å²) < 4.78 is 1.21. The number of hydrogen-bond donors (Lipinski definition) is 1. The Morgan fingerprint density at radius 1 is 1.56 bits per heavy atom. The molecular weight excluding hydrogens is 284 g/mol. The standard InChI is InChI=1S/C12H19BrN2S/c13-11-6-12(16-9-11)8-15-5-1-2-10(7-15)3-4-14/h6,9-10H,1-5,7-8,14H2. The quantitative estimate of drug-likeness (QED) is 0.926. The van der Waals surface area contributed by atoms with E-state index in [4.69, 9.17) is 5.73 Å². The van der Waals surface area contributed by atoms with Crippen LogP contribution in [-0.2, 0) is 6.54 Å². The zero-order valence-electron chi connectivity index (χ0n) is 9.49. The second kappa shape index (κ2) is 6.15. The summed E-state index contributed by atoms with van der Waals surface area (Å²) in [4.78, 5) is 4.03. The van der Waals surface area contributed by atoms with Gasteiger partial charge in [0.1, 0.15) is 0 Å². The van der Waals surface area contributed by atoms with Gasteiger partial charge in [-0.2, -0.15) is 0 Å². The third-order valence-corrected chi connectivity index (χ3v) is 4.86. The van der Waals surface area contributed by atoms with Crippen molar-refractivity contribution in [2.24, 2.45) is 11.7 Å². The van der Waals surface area contributed by atoms with Crippen LogP contribution < -0.4 is 5.73 Å². The lowest BCUT2D eigenvalue weighted by Crippen LogP contribution is -2.35. The lowest BCUT2D eigenvalue weighted by atomic mass is 9.95. The van der Waals surface area contributed by atoms with E-state index in [9.17, 15) is 0 Å². The molecule has 1 aliphatic heterocycles. The molecule has 0 aliphatic carbocycles. The van der Waals surface area contributed by atoms with Crippen LogP contribution in [0.25, 0.3) is 0 Å². The Labute approximate surface area is 110 Å². The highest BCUT2D eigenvalue weighted by atomic mass is 79.9. The fourth-order valence-corrected chi connectivity index (χ4v) is 3.92. The summed E-state index contributed by atoms with van der Waals surface area (Å²) in [6, 6.07) is 2.23. The van der Waals surface area contributed by atoms with E-state index in [1.165, 1.54) is 41.7 Å². The summed E-state index contributed by atoms with van der Waals surface area (Å²) in [6.07, 6.45) is 3.88. The highest BCUT2D eigenvalue weighted by molar-refractivity contribution is 9.10. The number of nitrogens with zero attached hydrogens (tertiary/aromatic N) is 1. The molecule has 2 nitrogen and oxygen atoms in total. The van der Waals surface area contributed by atoms with Crippen LogP contribution >= 0.6 is 27.3 Å². The summed E-state index contributed by atoms with van der Waals surface area (Å²) in [7, 11) is 0. The van der Waals surface area contributed by atoms with E-state index in [1.54, 1.807) is 0 Å². The van der Waals surface area contributed by atoms with Gasteiger partial charge in [-0.25, -0.2) is 0 Å². The first-order valence-corrected chi connectivity index (χ1v) is 7.60. The van der Waals surface area contributed by atoms with Gasteiger partial charge in [0.15, 0.2) is 0 Å². The highest BCUT2D eigenvalue weighted by Crippen LogP contribution is 2.24. The highest BCUT2D eigenvalue weighted by Gasteiger charge is 2.19. The van der Waals surface area contributed by atoms with E-state index in [0.29, 0.717) is 0 Å². The lowest BCUT2D eigenvalue weighted by molar-refractivity contribution is 0.164. The summed E-state index contributed by atoms with van der Waals surface area (Å²) >= 11 is 5.35. The Hall–Kier alpha value is 0.1000. The number of likely N-dealkylation sites (tertiary alicyclic amines) is 1. The SMILES string of the molecule is NCCC1CCCN(Cc2cc(Br)cs2)C1. The molecule has 2 rings (SSSR count). The van der Waals surface area contributed by atoms with Crippen LogP contribution in [0.1, 0.15) is 24.1 Å². The molecule has 0 bridgehead atoms. The van der Waals surface area contributed by atoms with Crippen molar-refractivity contribution in [2.75, 3.05) is 19.6 Å². The van der Waals surface area contributed by atoms with Crippen molar-refractivity contribution in [3.8, 4) is 0 Å². The first kappa shape index (κ1) is 12.6. The Morgan fingerprint density at radius 2 is 2.44 bits per heavy atom. The number of nitrogens with two attached hydrogens (primary N) is 1. The van der Waals surface area contributed by atoms with Crippen molar-refractivity contribution in [2.45, 2.75) is 25.8 Å². The van der Waals surface area contributed by atoms with Gasteiger partial charge in [-0.1, -0.05) is 0 Å². The Bertz CT molecular complexity index is 325. The van der Waals surface area contributed by atoms with Gasteiger partial charge in [0.05, 0.1) is 0 Å². The minimum atomic E-state index is 0.821. The van der Waals surface area contributed by atoms with Gasteiger partial charge in [-0.3, -0.25) is 4.90 Å². The predicted octanol–water partition coefficient (Wildman–Crippen LogP) is 3.07. The van der Waals surface area contributed by atoms with Crippen molar-refractivity contribution >= 4 is 27.3 Å². The lowest BCUT2D eigenvalue weighted by Gasteiger charge is -2.32. The first-order chi connectivity index (χ1) is 7.78. The van der Waals surface area contributed by atoms with Crippen molar-refractivity contribution in [3.63, 3.8) is 0 Å². The molecule has 2 heterocycles. The molecule has 0 radical (unpaired) electrons. The molecule has 1 aliphatic rings. The molecule has 4 heteroatoms. The topological polar surface area (TPSA) is 29.3 Å². The number of rotatable bonds is 4. The second-order valence-electron chi connectivity index (χ2n) is 4.55. The third kappa shape index (κ3) is 3.55. The molecule has 1 fully saturated rings. The minimum Gasteiger partial charge on any atom is -0.330 e. The third-order valence-electron chi connectivity index (χ3n) is 3.18. The normalized spacial score (nSPS) is 22.5. The molecule has 1 atom stereocenters. The molecule has 16 heavy (non-hydrogen) atoms. The Morgan fingerprint density at radius 3 is 3.12 bits per heavy atom. The maximum Gasteiger partial charge on any atom is 0.0328 e. The smallest absolute Gasteiger partial charge is 0.0328 e. The van der Waals surface area contributed by atoms with Crippen LogP contribution in [0.2, 0.25) is 0 Å². The number of hydrogen-bond acceptors (Lipinski definition) is 3. The van der Waals surface area contributed by atoms with E-state index in [-0.39, 0.29) is 0 Å². The fraction of sp³-hybridized carbons (Fsp3) is 0.667. The zero-order valence-corrected chi connectivity index (χ0v) is 11.9. The van der Waals surface area contributed by atoms with Crippen LogP contribution in [0.4, 0.5) is 0 Å². The van der Waals surface area contributed by atoms with Crippen molar-refractivity contribution in [1.29, 1.82) is 0 Å². The van der Waals surface area contributed by atoms with Crippen LogP contribution in [0.5, 0.6) is 0 Å². The molecule has 1 unspecified atom stereocenters. The van der Waals surface area contributed by atoms with E-state index in [0.717, 1.165) is 19.0 Å². The van der Waals surface area contributed by atoms with E-state index in [2.05, 4.69) is 32.3 Å². The molecule has 1 aromatic rings. The average molecular weight is 303 g/mol. The summed E-state index contributed by atoms with van der Waals surface area (Å²) in [6.45, 7) is 4.42. The van der Waals surface area contributed by atoms with Gasteiger partial charge >= 0.3 is 0 Å². The molecule has 1 aromatic heterocycles. The van der Waals surface area contributed by atoms with Crippen LogP contribution in [-0.4, -0.2) is 24.5 Å². The molecule has 1 saturated heterocycles. The van der Waals surface area contributed by atoms with E-state index < -0.39 is 0 Å². The molecule has 0 spiro atoms. The average Bonchev–Trinajstić information content (AvgIpc) is 2.65. The van der Waals surface area contributed by atoms with Gasteiger partial charge in [-0.15, -0.1) is 11.3 Å². The van der Waals surface area contributed by atoms with E-state index in [1.807, 2.05) is 11.3 Å². The van der Waals surface area contributed by atoms with Crippen molar-refractivity contribution in [3.05, 3.63) is 20.8 Å². The predicted molar refractivity (Wildman–Crippen MR) is 73.7 cm³/mol. The van der Waals surface area contributed by atoms with Gasteiger partial charge < -0.3 is 5.73 Å². The van der Waals surface area contributed by atoms with Crippen LogP contribution in [0.15, 0.2) is 15.9 Å². The molecule has 2 N–H and O–H groups in total. The molecule has 0 saturated carbocycles.